The number of nitrogens with one attached hydrogen (secondary N) is 1. The third-order valence-electron chi connectivity index (χ3n) is 3.42. The van der Waals surface area contributed by atoms with Crippen LogP contribution in [0.4, 0.5) is 0 Å². The summed E-state index contributed by atoms with van der Waals surface area (Å²) in [6.07, 6.45) is 5.82. The summed E-state index contributed by atoms with van der Waals surface area (Å²) >= 11 is 3.38. The van der Waals surface area contributed by atoms with E-state index < -0.39 is 9.84 Å². The van der Waals surface area contributed by atoms with Crippen LogP contribution in [0, 0.1) is 5.92 Å². The van der Waals surface area contributed by atoms with Crippen molar-refractivity contribution >= 4 is 25.8 Å². The minimum atomic E-state index is -2.82. The van der Waals surface area contributed by atoms with Crippen LogP contribution < -0.4 is 11.3 Å². The van der Waals surface area contributed by atoms with Gasteiger partial charge in [-0.2, -0.15) is 0 Å². The van der Waals surface area contributed by atoms with E-state index >= 15 is 0 Å². The number of halogens is 1. The molecule has 2 heterocycles. The normalized spacial score (nSPS) is 23.4. The summed E-state index contributed by atoms with van der Waals surface area (Å²) in [5, 5.41) is 0. The third-order valence-corrected chi connectivity index (χ3v) is 5.69. The van der Waals surface area contributed by atoms with Crippen molar-refractivity contribution in [1.82, 2.24) is 10.4 Å². The average molecular weight is 348 g/mol. The van der Waals surface area contributed by atoms with Crippen LogP contribution in [-0.2, 0) is 16.3 Å². The Bertz CT molecular complexity index is 536. The van der Waals surface area contributed by atoms with Gasteiger partial charge in [0.2, 0.25) is 0 Å². The molecule has 7 heteroatoms. The average Bonchev–Trinajstić information content (AvgIpc) is 2.68. The van der Waals surface area contributed by atoms with E-state index in [-0.39, 0.29) is 12.0 Å². The van der Waals surface area contributed by atoms with Crippen LogP contribution in [0.3, 0.4) is 0 Å². The van der Waals surface area contributed by atoms with Crippen molar-refractivity contribution in [1.29, 1.82) is 0 Å². The van der Waals surface area contributed by atoms with E-state index in [0.717, 1.165) is 29.3 Å². The summed E-state index contributed by atoms with van der Waals surface area (Å²) in [6.45, 7) is 0. The minimum absolute atomic E-state index is 0.0781. The van der Waals surface area contributed by atoms with E-state index in [1.165, 1.54) is 0 Å². The monoisotopic (exact) mass is 347 g/mol. The van der Waals surface area contributed by atoms with Gasteiger partial charge in [0.1, 0.15) is 0 Å². The SMILES string of the molecule is NNC(Cc1cncc(Br)c1)CC1CCS(=O)(=O)C1. The number of hydrogen-bond donors (Lipinski definition) is 2. The molecule has 0 aromatic carbocycles. The fraction of sp³-hybridized carbons (Fsp3) is 0.583. The summed E-state index contributed by atoms with van der Waals surface area (Å²) in [4.78, 5) is 4.12. The molecule has 1 saturated heterocycles. The number of sulfone groups is 1. The van der Waals surface area contributed by atoms with Crippen LogP contribution in [0.2, 0.25) is 0 Å². The Morgan fingerprint density at radius 3 is 2.89 bits per heavy atom. The molecular weight excluding hydrogens is 330 g/mol. The molecule has 0 radical (unpaired) electrons. The van der Waals surface area contributed by atoms with Crippen molar-refractivity contribution in [2.45, 2.75) is 25.3 Å². The van der Waals surface area contributed by atoms with Crippen LogP contribution in [0.15, 0.2) is 22.9 Å². The fourth-order valence-corrected chi connectivity index (χ4v) is 4.81. The van der Waals surface area contributed by atoms with E-state index in [9.17, 15) is 8.42 Å². The number of pyridine rings is 1. The predicted molar refractivity (Wildman–Crippen MR) is 78.1 cm³/mol. The zero-order chi connectivity index (χ0) is 13.9. The maximum absolute atomic E-state index is 11.4. The van der Waals surface area contributed by atoms with E-state index in [0.29, 0.717) is 11.5 Å². The summed E-state index contributed by atoms with van der Waals surface area (Å²) < 4.78 is 23.8. The van der Waals surface area contributed by atoms with Gasteiger partial charge in [0.05, 0.1) is 11.5 Å². The van der Waals surface area contributed by atoms with Crippen molar-refractivity contribution in [3.05, 3.63) is 28.5 Å². The highest BCUT2D eigenvalue weighted by atomic mass is 79.9. The first kappa shape index (κ1) is 14.9. The highest BCUT2D eigenvalue weighted by Gasteiger charge is 2.29. The number of rotatable bonds is 5. The number of hydrazine groups is 1. The lowest BCUT2D eigenvalue weighted by atomic mass is 9.95. The van der Waals surface area contributed by atoms with E-state index in [1.54, 1.807) is 12.4 Å². The Labute approximate surface area is 122 Å². The van der Waals surface area contributed by atoms with Crippen LogP contribution in [0.25, 0.3) is 0 Å². The second-order valence-electron chi connectivity index (χ2n) is 5.08. The van der Waals surface area contributed by atoms with Gasteiger partial charge in [0, 0.05) is 22.9 Å². The first-order valence-electron chi connectivity index (χ1n) is 6.24. The molecule has 1 aromatic rings. The minimum Gasteiger partial charge on any atom is -0.271 e. The number of hydrogen-bond acceptors (Lipinski definition) is 5. The smallest absolute Gasteiger partial charge is 0.150 e. The molecule has 0 saturated carbocycles. The maximum Gasteiger partial charge on any atom is 0.150 e. The van der Waals surface area contributed by atoms with Gasteiger partial charge in [-0.15, -0.1) is 0 Å². The molecule has 1 aliphatic rings. The highest BCUT2D eigenvalue weighted by molar-refractivity contribution is 9.10. The lowest BCUT2D eigenvalue weighted by Gasteiger charge is -2.19. The standard InChI is InChI=1S/C12H18BrN3O2S/c13-11-3-10(6-15-7-11)5-12(16-14)4-9-1-2-19(17,18)8-9/h3,6-7,9,12,16H,1-2,4-5,8,14H2. The zero-order valence-electron chi connectivity index (χ0n) is 10.5. The zero-order valence-corrected chi connectivity index (χ0v) is 13.0. The van der Waals surface area contributed by atoms with Crippen LogP contribution in [0.1, 0.15) is 18.4 Å². The molecule has 0 aliphatic carbocycles. The number of aromatic nitrogens is 1. The summed E-state index contributed by atoms with van der Waals surface area (Å²) in [5.74, 6) is 6.39. The summed E-state index contributed by atoms with van der Waals surface area (Å²) in [6, 6.07) is 2.08. The molecule has 0 bridgehead atoms. The maximum atomic E-state index is 11.4. The second-order valence-corrected chi connectivity index (χ2v) is 8.23. The van der Waals surface area contributed by atoms with Gasteiger partial charge in [-0.3, -0.25) is 16.3 Å². The highest BCUT2D eigenvalue weighted by Crippen LogP contribution is 2.24. The van der Waals surface area contributed by atoms with Gasteiger partial charge in [-0.05, 0) is 52.7 Å². The molecule has 2 rings (SSSR count). The first-order valence-corrected chi connectivity index (χ1v) is 8.86. The quantitative estimate of drug-likeness (QED) is 0.614. The van der Waals surface area contributed by atoms with Crippen molar-refractivity contribution in [3.8, 4) is 0 Å². The Hall–Kier alpha value is -0.500. The Balaban J connectivity index is 1.94. The molecule has 19 heavy (non-hydrogen) atoms. The topological polar surface area (TPSA) is 85.1 Å². The molecule has 2 atom stereocenters. The van der Waals surface area contributed by atoms with Gasteiger partial charge < -0.3 is 0 Å². The Morgan fingerprint density at radius 2 is 2.32 bits per heavy atom. The molecular formula is C12H18BrN3O2S. The van der Waals surface area contributed by atoms with Crippen molar-refractivity contribution in [2.75, 3.05) is 11.5 Å². The van der Waals surface area contributed by atoms with Crippen molar-refractivity contribution in [3.63, 3.8) is 0 Å². The van der Waals surface area contributed by atoms with Crippen LogP contribution in [-0.4, -0.2) is 30.9 Å². The van der Waals surface area contributed by atoms with E-state index in [2.05, 4.69) is 26.3 Å². The first-order chi connectivity index (χ1) is 8.98. The predicted octanol–water partition coefficient (Wildman–Crippen LogP) is 1.04. The lowest BCUT2D eigenvalue weighted by molar-refractivity contribution is 0.408. The number of nitrogens with two attached hydrogens (primary N) is 1. The molecule has 1 fully saturated rings. The molecule has 106 valence electrons. The molecule has 5 nitrogen and oxygen atoms in total. The summed E-state index contributed by atoms with van der Waals surface area (Å²) in [5.41, 5.74) is 3.87. The van der Waals surface area contributed by atoms with Crippen molar-refractivity contribution in [2.24, 2.45) is 11.8 Å². The molecule has 1 aromatic heterocycles. The molecule has 0 amide bonds. The number of nitrogens with zero attached hydrogens (tertiary/aromatic N) is 1. The van der Waals surface area contributed by atoms with E-state index in [4.69, 9.17) is 5.84 Å². The molecule has 3 N–H and O–H groups in total. The Kier molecular flexibility index (Phi) is 4.94. The third kappa shape index (κ3) is 4.52. The largest absolute Gasteiger partial charge is 0.271 e. The van der Waals surface area contributed by atoms with Crippen LogP contribution in [0.5, 0.6) is 0 Å². The van der Waals surface area contributed by atoms with E-state index in [1.807, 2.05) is 6.07 Å². The molecule has 0 spiro atoms. The molecule has 1 aliphatic heterocycles. The van der Waals surface area contributed by atoms with Gasteiger partial charge in [0.25, 0.3) is 0 Å². The summed E-state index contributed by atoms with van der Waals surface area (Å²) in [7, 11) is -2.82. The van der Waals surface area contributed by atoms with Gasteiger partial charge in [-0.1, -0.05) is 0 Å². The second kappa shape index (κ2) is 6.30. The van der Waals surface area contributed by atoms with Gasteiger partial charge in [0.15, 0.2) is 9.84 Å². The van der Waals surface area contributed by atoms with Gasteiger partial charge >= 0.3 is 0 Å². The van der Waals surface area contributed by atoms with Crippen molar-refractivity contribution < 1.29 is 8.42 Å². The lowest BCUT2D eigenvalue weighted by Crippen LogP contribution is -2.38. The molecule has 2 unspecified atom stereocenters. The van der Waals surface area contributed by atoms with Crippen LogP contribution >= 0.6 is 15.9 Å². The fourth-order valence-electron chi connectivity index (χ4n) is 2.52. The van der Waals surface area contributed by atoms with Gasteiger partial charge in [-0.25, -0.2) is 8.42 Å². The Morgan fingerprint density at radius 1 is 1.53 bits per heavy atom.